The number of pyridine rings is 2. The summed E-state index contributed by atoms with van der Waals surface area (Å²) in [6.07, 6.45) is 1.29. The average Bonchev–Trinajstić information content (AvgIpc) is 2.96. The molecule has 0 aliphatic carbocycles. The number of hydrogen-bond donors (Lipinski definition) is 1. The summed E-state index contributed by atoms with van der Waals surface area (Å²) in [4.78, 5) is 20.6. The quantitative estimate of drug-likeness (QED) is 0.186. The Bertz CT molecular complexity index is 1630. The molecule has 0 saturated heterocycles. The van der Waals surface area contributed by atoms with Gasteiger partial charge in [0.05, 0.1) is 56.9 Å². The van der Waals surface area contributed by atoms with Gasteiger partial charge in [0.15, 0.2) is 6.29 Å². The summed E-state index contributed by atoms with van der Waals surface area (Å²) in [6, 6.07) is 18.5. The summed E-state index contributed by atoms with van der Waals surface area (Å²) < 4.78 is 22.4. The topological polar surface area (TPSA) is 104 Å². The van der Waals surface area contributed by atoms with Gasteiger partial charge in [-0.15, -0.1) is 0 Å². The molecule has 0 radical (unpaired) electrons. The predicted octanol–water partition coefficient (Wildman–Crippen LogP) is 7.51. The third-order valence-corrected chi connectivity index (χ3v) is 9.08. The molecule has 0 amide bonds. The third-order valence-electron chi connectivity index (χ3n) is 7.01. The summed E-state index contributed by atoms with van der Waals surface area (Å²) in [5, 5.41) is 6.63. The lowest BCUT2D eigenvalue weighted by atomic mass is 9.91. The van der Waals surface area contributed by atoms with Gasteiger partial charge >= 0.3 is 0 Å². The lowest BCUT2D eigenvalue weighted by molar-refractivity contribution is 0.112. The minimum absolute atomic E-state index is 0.00480. The summed E-state index contributed by atoms with van der Waals surface area (Å²) in [6.45, 7) is 5.80. The van der Waals surface area contributed by atoms with E-state index in [4.69, 9.17) is 42.8 Å². The van der Waals surface area contributed by atoms with Crippen LogP contribution in [0, 0.1) is 0 Å². The lowest BCUT2D eigenvalue weighted by Gasteiger charge is -2.26. The maximum absolute atomic E-state index is 12.0. The maximum Gasteiger partial charge on any atom is 0.224 e. The van der Waals surface area contributed by atoms with Crippen molar-refractivity contribution in [1.82, 2.24) is 9.97 Å². The first-order valence-electron chi connectivity index (χ1n) is 12.8. The average molecular weight is 613 g/mol. The molecule has 2 N–H and O–H groups in total. The van der Waals surface area contributed by atoms with Crippen LogP contribution in [0.3, 0.4) is 0 Å². The highest BCUT2D eigenvalue weighted by atomic mass is 35.5. The molecular formula is C31H31Cl2N3O4S. The van der Waals surface area contributed by atoms with Gasteiger partial charge in [0.1, 0.15) is 0 Å². The highest BCUT2D eigenvalue weighted by molar-refractivity contribution is 7.84. The minimum Gasteiger partial charge on any atom is -0.481 e. The Morgan fingerprint density at radius 1 is 0.854 bits per heavy atom. The van der Waals surface area contributed by atoms with Gasteiger partial charge in [0, 0.05) is 27.8 Å². The number of nitrogens with zero attached hydrogens (tertiary/aromatic N) is 2. The molecule has 0 bridgehead atoms. The fraction of sp³-hybridized carbons (Fsp3) is 0.258. The molecule has 0 fully saturated rings. The van der Waals surface area contributed by atoms with Gasteiger partial charge in [-0.2, -0.15) is 0 Å². The van der Waals surface area contributed by atoms with E-state index in [1.54, 1.807) is 19.2 Å². The molecule has 214 valence electrons. The van der Waals surface area contributed by atoms with Crippen LogP contribution >= 0.6 is 23.2 Å². The van der Waals surface area contributed by atoms with Crippen molar-refractivity contribution < 1.29 is 18.5 Å². The Morgan fingerprint density at radius 2 is 1.34 bits per heavy atom. The van der Waals surface area contributed by atoms with E-state index in [-0.39, 0.29) is 11.8 Å². The molecule has 41 heavy (non-hydrogen) atoms. The van der Waals surface area contributed by atoms with E-state index in [9.17, 15) is 9.00 Å². The van der Waals surface area contributed by atoms with Crippen molar-refractivity contribution in [3.8, 4) is 45.4 Å². The second-order valence-electron chi connectivity index (χ2n) is 10.2. The predicted molar refractivity (Wildman–Crippen MR) is 166 cm³/mol. The first-order chi connectivity index (χ1) is 19.5. The number of nitrogens with two attached hydrogens (primary N) is 1. The molecule has 10 heteroatoms. The molecule has 0 aliphatic rings. The monoisotopic (exact) mass is 611 g/mol. The van der Waals surface area contributed by atoms with Crippen molar-refractivity contribution in [2.24, 2.45) is 5.14 Å². The van der Waals surface area contributed by atoms with Crippen LogP contribution in [0.15, 0.2) is 60.7 Å². The second kappa shape index (κ2) is 12.7. The Kier molecular flexibility index (Phi) is 9.49. The van der Waals surface area contributed by atoms with Crippen LogP contribution in [0.5, 0.6) is 11.8 Å². The first-order valence-corrected chi connectivity index (χ1v) is 14.8. The van der Waals surface area contributed by atoms with E-state index < -0.39 is 15.7 Å². The number of halogens is 2. The van der Waals surface area contributed by atoms with E-state index in [2.05, 4.69) is 4.98 Å². The highest BCUT2D eigenvalue weighted by Gasteiger charge is 2.28. The molecule has 0 spiro atoms. The number of hydrogen-bond acceptors (Lipinski definition) is 6. The number of aromatic nitrogens is 2. The van der Waals surface area contributed by atoms with E-state index in [1.165, 1.54) is 7.11 Å². The van der Waals surface area contributed by atoms with Crippen LogP contribution < -0.4 is 14.6 Å². The molecule has 4 rings (SSSR count). The second-order valence-corrected chi connectivity index (χ2v) is 12.7. The largest absolute Gasteiger partial charge is 0.481 e. The molecule has 0 aliphatic heterocycles. The SMILES string of the molecule is COc1nc(-c2cccc(-c3cccc(-c4ccc([C@@H](C)CC(C)(C)S(N)=O)c(OC)n4)c3Cl)c2Cl)ccc1C=O. The van der Waals surface area contributed by atoms with Crippen LogP contribution in [0.1, 0.15) is 49.0 Å². The smallest absolute Gasteiger partial charge is 0.224 e. The molecule has 7 nitrogen and oxygen atoms in total. The highest BCUT2D eigenvalue weighted by Crippen LogP contribution is 2.43. The van der Waals surface area contributed by atoms with E-state index in [0.717, 1.165) is 11.1 Å². The standard InChI is InChI=1S/C31H31Cl2N3O4S/c1-18(16-31(2,3)41(34)38)20-13-15-26(36-30(20)40-5)24-11-7-9-22(28(24)33)21-8-6-10-23(27(21)32)25-14-12-19(17-37)29(35-25)39-4/h6-15,17-18H,16,34H2,1-5H3/t18-,41?/m0/s1. The van der Waals surface area contributed by atoms with Crippen LogP contribution in [0.4, 0.5) is 0 Å². The van der Waals surface area contributed by atoms with Crippen molar-refractivity contribution in [3.05, 3.63) is 81.8 Å². The molecular weight excluding hydrogens is 581 g/mol. The number of methoxy groups -OCH3 is 2. The lowest BCUT2D eigenvalue weighted by Crippen LogP contribution is -2.33. The first kappa shape index (κ1) is 30.7. The Hall–Kier alpha value is -3.30. The van der Waals surface area contributed by atoms with Gasteiger partial charge in [-0.25, -0.2) is 14.2 Å². The third kappa shape index (κ3) is 6.31. The fourth-order valence-corrected chi connectivity index (χ4v) is 5.86. The van der Waals surface area contributed by atoms with Crippen LogP contribution in [0.25, 0.3) is 33.6 Å². The minimum atomic E-state index is -1.47. The van der Waals surface area contributed by atoms with Gasteiger partial charge in [-0.05, 0) is 44.4 Å². The summed E-state index contributed by atoms with van der Waals surface area (Å²) in [5.74, 6) is 0.690. The molecule has 2 heterocycles. The van der Waals surface area contributed by atoms with Crippen molar-refractivity contribution in [3.63, 3.8) is 0 Å². The zero-order chi connectivity index (χ0) is 29.9. The molecule has 0 saturated carbocycles. The Balaban J connectivity index is 1.75. The molecule has 2 aromatic carbocycles. The van der Waals surface area contributed by atoms with Crippen LogP contribution in [0.2, 0.25) is 10.0 Å². The normalized spacial score (nSPS) is 13.0. The fourth-order valence-electron chi connectivity index (χ4n) is 4.80. The number of ether oxygens (including phenoxy) is 2. The molecule has 2 atom stereocenters. The van der Waals surface area contributed by atoms with E-state index in [1.807, 2.05) is 69.3 Å². The van der Waals surface area contributed by atoms with Gasteiger partial charge in [-0.1, -0.05) is 72.6 Å². The van der Waals surface area contributed by atoms with Gasteiger partial charge in [0.25, 0.3) is 0 Å². The van der Waals surface area contributed by atoms with Gasteiger partial charge in [-0.3, -0.25) is 9.93 Å². The maximum atomic E-state index is 12.0. The number of rotatable bonds is 10. The Labute approximate surface area is 252 Å². The molecule has 2 aromatic heterocycles. The van der Waals surface area contributed by atoms with Crippen LogP contribution in [-0.2, 0) is 11.0 Å². The van der Waals surface area contributed by atoms with E-state index >= 15 is 0 Å². The number of aldehydes is 1. The van der Waals surface area contributed by atoms with Gasteiger partial charge in [0.2, 0.25) is 11.8 Å². The van der Waals surface area contributed by atoms with Crippen molar-refractivity contribution in [1.29, 1.82) is 0 Å². The number of benzene rings is 2. The number of carbonyl (C=O) groups is 1. The van der Waals surface area contributed by atoms with Crippen molar-refractivity contribution >= 4 is 40.5 Å². The molecule has 4 aromatic rings. The van der Waals surface area contributed by atoms with Crippen LogP contribution in [-0.4, -0.2) is 39.4 Å². The summed E-state index contributed by atoms with van der Waals surface area (Å²) in [7, 11) is 1.56. The zero-order valence-corrected chi connectivity index (χ0v) is 25.7. The van der Waals surface area contributed by atoms with E-state index in [0.29, 0.717) is 62.3 Å². The Morgan fingerprint density at radius 3 is 1.83 bits per heavy atom. The zero-order valence-electron chi connectivity index (χ0n) is 23.4. The molecule has 1 unspecified atom stereocenters. The van der Waals surface area contributed by atoms with Gasteiger partial charge < -0.3 is 9.47 Å². The van der Waals surface area contributed by atoms with Crippen molar-refractivity contribution in [2.75, 3.05) is 14.2 Å². The number of carbonyl (C=O) groups excluding carboxylic acids is 1. The van der Waals surface area contributed by atoms with Crippen molar-refractivity contribution in [2.45, 2.75) is 37.9 Å². The summed E-state index contributed by atoms with van der Waals surface area (Å²) in [5.41, 5.74) is 5.24. The summed E-state index contributed by atoms with van der Waals surface area (Å²) >= 11 is 13.9.